The van der Waals surface area contributed by atoms with E-state index < -0.39 is 5.91 Å². The lowest BCUT2D eigenvalue weighted by molar-refractivity contribution is -0.114. The number of hydrogen-bond donors (Lipinski definition) is 2. The Morgan fingerprint density at radius 3 is 2.58 bits per heavy atom. The topological polar surface area (TPSA) is 67.5 Å². The summed E-state index contributed by atoms with van der Waals surface area (Å²) in [6, 6.07) is 0. The highest BCUT2D eigenvalue weighted by Crippen LogP contribution is 1.91. The molecule has 0 saturated heterocycles. The third-order valence-corrected chi connectivity index (χ3v) is 1.34. The van der Waals surface area contributed by atoms with E-state index in [9.17, 15) is 4.79 Å². The fraction of sp³-hybridized carbons (Fsp3) is 0.500. The van der Waals surface area contributed by atoms with E-state index >= 15 is 0 Å². The first-order chi connectivity index (χ1) is 5.68. The number of amides is 1. The first kappa shape index (κ1) is 10.7. The van der Waals surface area contributed by atoms with E-state index in [-0.39, 0.29) is 0 Å². The predicted octanol–water partition coefficient (Wildman–Crippen LogP) is 0.0558. The van der Waals surface area contributed by atoms with Gasteiger partial charge in [-0.25, -0.2) is 0 Å². The molecule has 0 fully saturated rings. The van der Waals surface area contributed by atoms with E-state index in [0.29, 0.717) is 12.0 Å². The third kappa shape index (κ3) is 5.46. The van der Waals surface area contributed by atoms with Crippen LogP contribution in [0.25, 0.3) is 0 Å². The van der Waals surface area contributed by atoms with Crippen LogP contribution in [0.3, 0.4) is 0 Å². The van der Waals surface area contributed by atoms with Crippen molar-refractivity contribution in [3.8, 4) is 0 Å². The lowest BCUT2D eigenvalue weighted by Crippen LogP contribution is -2.11. The summed E-state index contributed by atoms with van der Waals surface area (Å²) >= 11 is 0. The molecule has 12 heavy (non-hydrogen) atoms. The van der Waals surface area contributed by atoms with Gasteiger partial charge in [0.2, 0.25) is 5.91 Å². The highest BCUT2D eigenvalue weighted by Gasteiger charge is 1.93. The van der Waals surface area contributed by atoms with Gasteiger partial charge in [0.15, 0.2) is 0 Å². The average Bonchev–Trinajstić information content (AvgIpc) is 2.59. The van der Waals surface area contributed by atoms with Crippen LogP contribution in [-0.2, 0) is 4.79 Å². The van der Waals surface area contributed by atoms with Gasteiger partial charge in [-0.3, -0.25) is 9.79 Å². The number of nitrogens with zero attached hydrogens (tertiary/aromatic N) is 1. The SMILES string of the molecule is C1=NCCN1.C=C(CC)C(N)=O. The minimum absolute atomic E-state index is 0.400. The fourth-order valence-electron chi connectivity index (χ4n) is 0.497. The van der Waals surface area contributed by atoms with Gasteiger partial charge in [0, 0.05) is 12.1 Å². The molecule has 0 spiro atoms. The van der Waals surface area contributed by atoms with Gasteiger partial charge >= 0.3 is 0 Å². The lowest BCUT2D eigenvalue weighted by Gasteiger charge is -1.89. The second-order valence-corrected chi connectivity index (χ2v) is 2.31. The van der Waals surface area contributed by atoms with Crippen LogP contribution in [0.1, 0.15) is 13.3 Å². The standard InChI is InChI=1S/C5H9NO.C3H6N2/c1-3-4(2)5(6)7;1-2-5-3-4-1/h2-3H2,1H3,(H2,6,7);3H,1-2H2,(H,4,5). The van der Waals surface area contributed by atoms with Crippen LogP contribution in [0.2, 0.25) is 0 Å². The minimum Gasteiger partial charge on any atom is -0.375 e. The maximum atomic E-state index is 10.1. The lowest BCUT2D eigenvalue weighted by atomic mass is 10.2. The van der Waals surface area contributed by atoms with Crippen molar-refractivity contribution in [2.75, 3.05) is 13.1 Å². The van der Waals surface area contributed by atoms with Crippen LogP contribution >= 0.6 is 0 Å². The number of carbonyl (C=O) groups excluding carboxylic acids is 1. The highest BCUT2D eigenvalue weighted by molar-refractivity contribution is 5.91. The van der Waals surface area contributed by atoms with Gasteiger partial charge in [-0.1, -0.05) is 13.5 Å². The van der Waals surface area contributed by atoms with Gasteiger partial charge in [-0.15, -0.1) is 0 Å². The maximum Gasteiger partial charge on any atom is 0.244 e. The zero-order chi connectivity index (χ0) is 9.40. The molecule has 4 heteroatoms. The van der Waals surface area contributed by atoms with Gasteiger partial charge in [0.1, 0.15) is 0 Å². The summed E-state index contributed by atoms with van der Waals surface area (Å²) in [5, 5.41) is 2.93. The summed E-state index contributed by atoms with van der Waals surface area (Å²) in [6.07, 6.45) is 2.38. The molecule has 0 unspecified atom stereocenters. The predicted molar refractivity (Wildman–Crippen MR) is 50.0 cm³/mol. The van der Waals surface area contributed by atoms with Crippen LogP contribution in [0.5, 0.6) is 0 Å². The molecule has 68 valence electrons. The van der Waals surface area contributed by atoms with Crippen molar-refractivity contribution in [2.45, 2.75) is 13.3 Å². The Hall–Kier alpha value is -1.32. The molecule has 0 aromatic heterocycles. The summed E-state index contributed by atoms with van der Waals surface area (Å²) in [7, 11) is 0. The molecule has 1 aliphatic heterocycles. The number of primary amides is 1. The molecule has 0 saturated carbocycles. The molecule has 0 aliphatic carbocycles. The number of hydrogen-bond acceptors (Lipinski definition) is 3. The van der Waals surface area contributed by atoms with E-state index in [1.807, 2.05) is 6.92 Å². The number of carbonyl (C=O) groups is 1. The van der Waals surface area contributed by atoms with Crippen molar-refractivity contribution in [1.82, 2.24) is 5.32 Å². The average molecular weight is 169 g/mol. The van der Waals surface area contributed by atoms with E-state index in [0.717, 1.165) is 13.1 Å². The Morgan fingerprint density at radius 1 is 1.83 bits per heavy atom. The first-order valence-corrected chi connectivity index (χ1v) is 3.87. The van der Waals surface area contributed by atoms with Gasteiger partial charge in [0.05, 0.1) is 12.9 Å². The molecule has 1 aliphatic rings. The third-order valence-electron chi connectivity index (χ3n) is 1.34. The van der Waals surface area contributed by atoms with Crippen molar-refractivity contribution >= 4 is 12.2 Å². The molecule has 0 aromatic rings. The van der Waals surface area contributed by atoms with E-state index in [2.05, 4.69) is 16.9 Å². The molecule has 1 amide bonds. The molecular formula is C8H15N3O. The molecule has 1 heterocycles. The minimum atomic E-state index is -0.400. The van der Waals surface area contributed by atoms with Crippen molar-refractivity contribution < 1.29 is 4.79 Å². The summed E-state index contributed by atoms with van der Waals surface area (Å²) in [5.74, 6) is -0.400. The largest absolute Gasteiger partial charge is 0.375 e. The molecule has 0 bridgehead atoms. The number of aliphatic imine (C=N–C) groups is 1. The Bertz CT molecular complexity index is 181. The molecule has 0 radical (unpaired) electrons. The Balaban J connectivity index is 0.000000211. The van der Waals surface area contributed by atoms with Crippen LogP contribution in [0.15, 0.2) is 17.1 Å². The van der Waals surface area contributed by atoms with Crippen LogP contribution in [0.4, 0.5) is 0 Å². The summed E-state index contributed by atoms with van der Waals surface area (Å²) < 4.78 is 0. The first-order valence-electron chi connectivity index (χ1n) is 3.87. The number of nitrogens with one attached hydrogen (secondary N) is 1. The zero-order valence-corrected chi connectivity index (χ0v) is 7.34. The summed E-state index contributed by atoms with van der Waals surface area (Å²) in [6.45, 7) is 7.22. The molecule has 0 atom stereocenters. The van der Waals surface area contributed by atoms with Gasteiger partial charge < -0.3 is 11.1 Å². The Kier molecular flexibility index (Phi) is 5.69. The van der Waals surface area contributed by atoms with Crippen molar-refractivity contribution in [3.63, 3.8) is 0 Å². The highest BCUT2D eigenvalue weighted by atomic mass is 16.1. The van der Waals surface area contributed by atoms with Gasteiger partial charge in [-0.2, -0.15) is 0 Å². The van der Waals surface area contributed by atoms with Crippen molar-refractivity contribution in [1.29, 1.82) is 0 Å². The Labute approximate surface area is 72.6 Å². The Morgan fingerprint density at radius 2 is 2.50 bits per heavy atom. The molecule has 1 rings (SSSR count). The monoisotopic (exact) mass is 169 g/mol. The summed E-state index contributed by atoms with van der Waals surface area (Å²) in [5.41, 5.74) is 5.29. The van der Waals surface area contributed by atoms with E-state index in [1.165, 1.54) is 0 Å². The van der Waals surface area contributed by atoms with Crippen LogP contribution < -0.4 is 11.1 Å². The second-order valence-electron chi connectivity index (χ2n) is 2.31. The fourth-order valence-corrected chi connectivity index (χ4v) is 0.497. The van der Waals surface area contributed by atoms with Crippen molar-refractivity contribution in [2.24, 2.45) is 10.7 Å². The van der Waals surface area contributed by atoms with Gasteiger partial charge in [0.25, 0.3) is 0 Å². The normalized spacial score (nSPS) is 12.8. The van der Waals surface area contributed by atoms with Crippen LogP contribution in [-0.4, -0.2) is 25.3 Å². The summed E-state index contributed by atoms with van der Waals surface area (Å²) in [4.78, 5) is 13.9. The number of rotatable bonds is 2. The maximum absolute atomic E-state index is 10.1. The zero-order valence-electron chi connectivity index (χ0n) is 7.34. The smallest absolute Gasteiger partial charge is 0.244 e. The van der Waals surface area contributed by atoms with Gasteiger partial charge in [-0.05, 0) is 6.42 Å². The molecule has 0 aromatic carbocycles. The van der Waals surface area contributed by atoms with Crippen molar-refractivity contribution in [3.05, 3.63) is 12.2 Å². The van der Waals surface area contributed by atoms with Crippen LogP contribution in [0, 0.1) is 0 Å². The molecule has 3 N–H and O–H groups in total. The molecular weight excluding hydrogens is 154 g/mol. The van der Waals surface area contributed by atoms with E-state index in [4.69, 9.17) is 5.73 Å². The van der Waals surface area contributed by atoms with E-state index in [1.54, 1.807) is 6.34 Å². The quantitative estimate of drug-likeness (QED) is 0.574. The second kappa shape index (κ2) is 6.39. The molecule has 4 nitrogen and oxygen atoms in total. The number of nitrogens with two attached hydrogens (primary N) is 1.